The smallest absolute Gasteiger partial charge is 0.231 e. The molecule has 3 aromatic rings. The molecule has 23 heavy (non-hydrogen) atoms. The Bertz CT molecular complexity index is 830. The molecule has 116 valence electrons. The Morgan fingerprint density at radius 1 is 1.09 bits per heavy atom. The van der Waals surface area contributed by atoms with Crippen molar-refractivity contribution < 1.29 is 14.2 Å². The Balaban J connectivity index is 1.54. The number of benzene rings is 2. The molecule has 5 nitrogen and oxygen atoms in total. The molecule has 1 aromatic heterocycles. The summed E-state index contributed by atoms with van der Waals surface area (Å²) in [4.78, 5) is 4.62. The minimum atomic E-state index is 0.278. The van der Waals surface area contributed by atoms with Crippen LogP contribution in [0.25, 0.3) is 11.3 Å². The normalized spacial score (nSPS) is 12.2. The van der Waals surface area contributed by atoms with Gasteiger partial charge in [-0.25, -0.2) is 4.98 Å². The predicted molar refractivity (Wildman–Crippen MR) is 89.9 cm³/mol. The van der Waals surface area contributed by atoms with E-state index in [0.717, 1.165) is 39.3 Å². The Kier molecular flexibility index (Phi) is 3.51. The summed E-state index contributed by atoms with van der Waals surface area (Å²) in [5.41, 5.74) is 2.88. The van der Waals surface area contributed by atoms with Crippen molar-refractivity contribution in [2.45, 2.75) is 0 Å². The quantitative estimate of drug-likeness (QED) is 0.775. The zero-order valence-electron chi connectivity index (χ0n) is 12.4. The molecule has 0 amide bonds. The first-order valence-corrected chi connectivity index (χ1v) is 7.96. The minimum Gasteiger partial charge on any atom is -0.497 e. The molecule has 0 spiro atoms. The van der Waals surface area contributed by atoms with E-state index in [4.69, 9.17) is 14.2 Å². The van der Waals surface area contributed by atoms with Crippen LogP contribution in [0.4, 0.5) is 10.8 Å². The number of hydrogen-bond donors (Lipinski definition) is 1. The van der Waals surface area contributed by atoms with Crippen molar-refractivity contribution in [3.63, 3.8) is 0 Å². The number of aromatic nitrogens is 1. The van der Waals surface area contributed by atoms with Gasteiger partial charge in [0.05, 0.1) is 12.8 Å². The molecule has 6 heteroatoms. The highest BCUT2D eigenvalue weighted by atomic mass is 32.1. The fourth-order valence-electron chi connectivity index (χ4n) is 2.32. The zero-order chi connectivity index (χ0) is 15.6. The van der Waals surface area contributed by atoms with Crippen LogP contribution in [0.3, 0.4) is 0 Å². The molecule has 0 unspecified atom stereocenters. The van der Waals surface area contributed by atoms with E-state index in [1.54, 1.807) is 18.4 Å². The molecule has 0 fully saturated rings. The summed E-state index contributed by atoms with van der Waals surface area (Å²) in [6.45, 7) is 0.278. The monoisotopic (exact) mass is 326 g/mol. The molecule has 0 saturated heterocycles. The van der Waals surface area contributed by atoms with Gasteiger partial charge >= 0.3 is 0 Å². The number of anilines is 2. The summed E-state index contributed by atoms with van der Waals surface area (Å²) in [7, 11) is 1.65. The molecular formula is C17H14N2O3S. The second-order valence-electron chi connectivity index (χ2n) is 4.96. The van der Waals surface area contributed by atoms with E-state index < -0.39 is 0 Å². The molecule has 0 saturated carbocycles. The Morgan fingerprint density at radius 2 is 1.91 bits per heavy atom. The summed E-state index contributed by atoms with van der Waals surface area (Å²) >= 11 is 1.56. The summed E-state index contributed by atoms with van der Waals surface area (Å²) in [5.74, 6) is 2.37. The lowest BCUT2D eigenvalue weighted by atomic mass is 10.1. The lowest BCUT2D eigenvalue weighted by Crippen LogP contribution is -1.92. The fourth-order valence-corrected chi connectivity index (χ4v) is 3.06. The standard InChI is InChI=1S/C17H14N2O3S/c1-20-13-5-3-12(4-6-13)18-17-19-14(9-23-17)11-2-7-15-16(8-11)22-10-21-15/h2-9H,10H2,1H3,(H,18,19). The fraction of sp³-hybridized carbons (Fsp3) is 0.118. The van der Waals surface area contributed by atoms with Crippen molar-refractivity contribution >= 4 is 22.2 Å². The zero-order valence-corrected chi connectivity index (χ0v) is 13.2. The van der Waals surface area contributed by atoms with Crippen molar-refractivity contribution in [3.8, 4) is 28.5 Å². The van der Waals surface area contributed by atoms with E-state index in [1.807, 2.05) is 47.8 Å². The third kappa shape index (κ3) is 2.80. The Morgan fingerprint density at radius 3 is 2.74 bits per heavy atom. The number of ether oxygens (including phenoxy) is 3. The molecule has 1 aliphatic rings. The Labute approximate surface area is 137 Å². The number of hydrogen-bond acceptors (Lipinski definition) is 6. The predicted octanol–water partition coefficient (Wildman–Crippen LogP) is 4.29. The third-order valence-corrected chi connectivity index (χ3v) is 4.27. The lowest BCUT2D eigenvalue weighted by Gasteiger charge is -2.04. The summed E-state index contributed by atoms with van der Waals surface area (Å²) in [6.07, 6.45) is 0. The second kappa shape index (κ2) is 5.81. The summed E-state index contributed by atoms with van der Waals surface area (Å²) in [6, 6.07) is 13.6. The van der Waals surface area contributed by atoms with Crippen LogP contribution in [0.15, 0.2) is 47.8 Å². The number of nitrogens with zero attached hydrogens (tertiary/aromatic N) is 1. The van der Waals surface area contributed by atoms with Crippen LogP contribution in [0.2, 0.25) is 0 Å². The van der Waals surface area contributed by atoms with Gasteiger partial charge in [0.1, 0.15) is 5.75 Å². The molecule has 0 bridgehead atoms. The highest BCUT2D eigenvalue weighted by Gasteiger charge is 2.15. The van der Waals surface area contributed by atoms with Crippen molar-refractivity contribution in [2.24, 2.45) is 0 Å². The summed E-state index contributed by atoms with van der Waals surface area (Å²) in [5, 5.41) is 6.15. The van der Waals surface area contributed by atoms with E-state index in [2.05, 4.69) is 10.3 Å². The van der Waals surface area contributed by atoms with Gasteiger partial charge in [-0.05, 0) is 42.5 Å². The maximum atomic E-state index is 5.41. The van der Waals surface area contributed by atoms with Crippen molar-refractivity contribution in [3.05, 3.63) is 47.8 Å². The maximum Gasteiger partial charge on any atom is 0.231 e. The molecule has 0 radical (unpaired) electrons. The van der Waals surface area contributed by atoms with E-state index in [0.29, 0.717) is 0 Å². The SMILES string of the molecule is COc1ccc(Nc2nc(-c3ccc4c(c3)OCO4)cs2)cc1. The van der Waals surface area contributed by atoms with Crippen LogP contribution in [-0.4, -0.2) is 18.9 Å². The largest absolute Gasteiger partial charge is 0.497 e. The topological polar surface area (TPSA) is 52.6 Å². The van der Waals surface area contributed by atoms with Crippen molar-refractivity contribution in [1.82, 2.24) is 4.98 Å². The molecule has 2 heterocycles. The van der Waals surface area contributed by atoms with Gasteiger partial charge in [0, 0.05) is 16.6 Å². The molecule has 0 aliphatic carbocycles. The van der Waals surface area contributed by atoms with Crippen LogP contribution in [0, 0.1) is 0 Å². The van der Waals surface area contributed by atoms with Gasteiger partial charge in [0.15, 0.2) is 16.6 Å². The van der Waals surface area contributed by atoms with Crippen molar-refractivity contribution in [1.29, 1.82) is 0 Å². The van der Waals surface area contributed by atoms with Gasteiger partial charge in [-0.15, -0.1) is 11.3 Å². The Hall–Kier alpha value is -2.73. The first-order chi connectivity index (χ1) is 11.3. The highest BCUT2D eigenvalue weighted by molar-refractivity contribution is 7.14. The number of rotatable bonds is 4. The van der Waals surface area contributed by atoms with Crippen LogP contribution < -0.4 is 19.5 Å². The number of thiazole rings is 1. The van der Waals surface area contributed by atoms with Gasteiger partial charge in [0.2, 0.25) is 6.79 Å². The first-order valence-electron chi connectivity index (χ1n) is 7.08. The third-order valence-electron chi connectivity index (χ3n) is 3.51. The van der Waals surface area contributed by atoms with E-state index in [-0.39, 0.29) is 6.79 Å². The average Bonchev–Trinajstić information content (AvgIpc) is 3.23. The molecular weight excluding hydrogens is 312 g/mol. The van der Waals surface area contributed by atoms with E-state index >= 15 is 0 Å². The van der Waals surface area contributed by atoms with E-state index in [9.17, 15) is 0 Å². The van der Waals surface area contributed by atoms with Gasteiger partial charge in [-0.3, -0.25) is 0 Å². The molecule has 1 N–H and O–H groups in total. The van der Waals surface area contributed by atoms with Crippen LogP contribution in [0.5, 0.6) is 17.2 Å². The van der Waals surface area contributed by atoms with Crippen LogP contribution >= 0.6 is 11.3 Å². The molecule has 1 aliphatic heterocycles. The highest BCUT2D eigenvalue weighted by Crippen LogP contribution is 2.36. The van der Waals surface area contributed by atoms with E-state index in [1.165, 1.54) is 0 Å². The van der Waals surface area contributed by atoms with Gasteiger partial charge in [0.25, 0.3) is 0 Å². The van der Waals surface area contributed by atoms with Crippen molar-refractivity contribution in [2.75, 3.05) is 19.2 Å². The van der Waals surface area contributed by atoms with Crippen LogP contribution in [0.1, 0.15) is 0 Å². The van der Waals surface area contributed by atoms with Gasteiger partial charge in [-0.1, -0.05) is 0 Å². The minimum absolute atomic E-state index is 0.278. The first kappa shape index (κ1) is 13.9. The van der Waals surface area contributed by atoms with Crippen LogP contribution in [-0.2, 0) is 0 Å². The van der Waals surface area contributed by atoms with Gasteiger partial charge in [-0.2, -0.15) is 0 Å². The summed E-state index contributed by atoms with van der Waals surface area (Å²) < 4.78 is 15.9. The molecule has 4 rings (SSSR count). The number of nitrogens with one attached hydrogen (secondary N) is 1. The number of fused-ring (bicyclic) bond motifs is 1. The average molecular weight is 326 g/mol. The maximum absolute atomic E-state index is 5.41. The lowest BCUT2D eigenvalue weighted by molar-refractivity contribution is 0.174. The number of methoxy groups -OCH3 is 1. The molecule has 0 atom stereocenters. The van der Waals surface area contributed by atoms with Gasteiger partial charge < -0.3 is 19.5 Å². The molecule has 2 aromatic carbocycles. The second-order valence-corrected chi connectivity index (χ2v) is 5.82.